The van der Waals surface area contributed by atoms with Gasteiger partial charge in [0.2, 0.25) is 0 Å². The van der Waals surface area contributed by atoms with E-state index >= 15 is 0 Å². The third-order valence-corrected chi connectivity index (χ3v) is 5.61. The Bertz CT molecular complexity index is 1120. The topological polar surface area (TPSA) is 62.3 Å². The molecule has 30 heavy (non-hydrogen) atoms. The van der Waals surface area contributed by atoms with Gasteiger partial charge in [0, 0.05) is 35.2 Å². The van der Waals surface area contributed by atoms with Crippen LogP contribution in [0.15, 0.2) is 60.9 Å². The summed E-state index contributed by atoms with van der Waals surface area (Å²) in [6, 6.07) is 14.1. The Morgan fingerprint density at radius 3 is 2.50 bits per heavy atom. The van der Waals surface area contributed by atoms with E-state index in [0.717, 1.165) is 23.2 Å². The molecule has 0 aliphatic carbocycles. The predicted octanol–water partition coefficient (Wildman–Crippen LogP) is 5.08. The van der Waals surface area contributed by atoms with Crippen LogP contribution in [0.5, 0.6) is 0 Å². The number of anilines is 1. The molecule has 152 valence electrons. The highest BCUT2D eigenvalue weighted by Crippen LogP contribution is 2.32. The molecule has 2 aromatic carbocycles. The lowest BCUT2D eigenvalue weighted by molar-refractivity contribution is 0.0938. The third-order valence-electron chi connectivity index (χ3n) is 5.15. The van der Waals surface area contributed by atoms with Crippen molar-refractivity contribution in [2.24, 2.45) is 0 Å². The first-order chi connectivity index (χ1) is 14.4. The molecule has 4 rings (SSSR count). The maximum Gasteiger partial charge on any atom is 0.259 e. The van der Waals surface area contributed by atoms with E-state index in [0.29, 0.717) is 27.7 Å². The van der Waals surface area contributed by atoms with Crippen molar-refractivity contribution in [1.29, 1.82) is 0 Å². The number of amides is 2. The Balaban J connectivity index is 1.50. The van der Waals surface area contributed by atoms with E-state index in [2.05, 4.69) is 10.3 Å². The van der Waals surface area contributed by atoms with E-state index in [1.807, 2.05) is 25.1 Å². The summed E-state index contributed by atoms with van der Waals surface area (Å²) < 4.78 is 0. The maximum atomic E-state index is 12.9. The van der Waals surface area contributed by atoms with Crippen LogP contribution in [-0.2, 0) is 6.42 Å². The zero-order chi connectivity index (χ0) is 21.3. The Morgan fingerprint density at radius 2 is 1.77 bits per heavy atom. The molecule has 1 N–H and O–H groups in total. The Kier molecular flexibility index (Phi) is 5.75. The first-order valence-corrected chi connectivity index (χ1v) is 10.3. The van der Waals surface area contributed by atoms with Crippen molar-refractivity contribution in [3.05, 3.63) is 93.2 Å². The van der Waals surface area contributed by atoms with E-state index in [1.165, 1.54) is 12.4 Å². The second kappa shape index (κ2) is 8.46. The first kappa shape index (κ1) is 20.4. The first-order valence-electron chi connectivity index (χ1n) is 9.54. The number of carbonyl (C=O) groups excluding carboxylic acids is 2. The summed E-state index contributed by atoms with van der Waals surface area (Å²) in [5, 5.41) is 4.02. The van der Waals surface area contributed by atoms with Crippen LogP contribution in [0.1, 0.15) is 44.8 Å². The molecule has 0 saturated heterocycles. The number of nitrogens with zero attached hydrogens (tertiary/aromatic N) is 2. The molecule has 1 aliphatic heterocycles. The number of rotatable bonds is 4. The van der Waals surface area contributed by atoms with Crippen LogP contribution >= 0.6 is 23.2 Å². The normalized spacial score (nSPS) is 13.6. The minimum Gasteiger partial charge on any atom is -0.346 e. The van der Waals surface area contributed by atoms with Crippen LogP contribution in [0.25, 0.3) is 0 Å². The van der Waals surface area contributed by atoms with E-state index in [-0.39, 0.29) is 17.9 Å². The van der Waals surface area contributed by atoms with E-state index < -0.39 is 0 Å². The van der Waals surface area contributed by atoms with Gasteiger partial charge in [0.05, 0.1) is 16.6 Å². The quantitative estimate of drug-likeness (QED) is 0.616. The molecule has 0 unspecified atom stereocenters. The second-order valence-electron chi connectivity index (χ2n) is 7.19. The molecule has 0 fully saturated rings. The van der Waals surface area contributed by atoms with Gasteiger partial charge >= 0.3 is 0 Å². The number of benzene rings is 2. The van der Waals surface area contributed by atoms with Gasteiger partial charge in [-0.1, -0.05) is 35.3 Å². The van der Waals surface area contributed by atoms with E-state index in [9.17, 15) is 9.59 Å². The molecule has 0 saturated carbocycles. The van der Waals surface area contributed by atoms with Gasteiger partial charge in [-0.3, -0.25) is 14.6 Å². The molecule has 2 heterocycles. The number of halogens is 2. The lowest BCUT2D eigenvalue weighted by Crippen LogP contribution is -2.29. The number of aromatic nitrogens is 1. The molecule has 2 amide bonds. The zero-order valence-electron chi connectivity index (χ0n) is 16.2. The molecule has 0 radical (unpaired) electrons. The van der Waals surface area contributed by atoms with Crippen molar-refractivity contribution in [2.75, 3.05) is 11.4 Å². The molecule has 5 nitrogen and oxygen atoms in total. The molecule has 1 atom stereocenters. The van der Waals surface area contributed by atoms with Crippen molar-refractivity contribution < 1.29 is 9.59 Å². The number of carbonyl (C=O) groups is 2. The van der Waals surface area contributed by atoms with Gasteiger partial charge in [0.25, 0.3) is 11.8 Å². The van der Waals surface area contributed by atoms with Crippen molar-refractivity contribution in [3.63, 3.8) is 0 Å². The predicted molar refractivity (Wildman–Crippen MR) is 118 cm³/mol. The summed E-state index contributed by atoms with van der Waals surface area (Å²) in [7, 11) is 0. The van der Waals surface area contributed by atoms with Crippen molar-refractivity contribution in [3.8, 4) is 0 Å². The number of fused-ring (bicyclic) bond motifs is 1. The van der Waals surface area contributed by atoms with Gasteiger partial charge < -0.3 is 10.2 Å². The summed E-state index contributed by atoms with van der Waals surface area (Å²) in [5.74, 6) is -0.287. The zero-order valence-corrected chi connectivity index (χ0v) is 17.7. The summed E-state index contributed by atoms with van der Waals surface area (Å²) in [4.78, 5) is 31.1. The molecule has 7 heteroatoms. The average molecular weight is 440 g/mol. The SMILES string of the molecule is C[C@@H](NC(=O)c1ccc(Cl)cc1)c1ccc2c(c1)CCN2C(=O)c1cncc(Cl)c1. The van der Waals surface area contributed by atoms with Crippen LogP contribution in [0.3, 0.4) is 0 Å². The monoisotopic (exact) mass is 439 g/mol. The second-order valence-corrected chi connectivity index (χ2v) is 8.06. The molecule has 3 aromatic rings. The minimum atomic E-state index is -0.180. The van der Waals surface area contributed by atoms with Crippen molar-refractivity contribution >= 4 is 40.7 Å². The maximum absolute atomic E-state index is 12.9. The van der Waals surface area contributed by atoms with Crippen LogP contribution in [0, 0.1) is 0 Å². The lowest BCUT2D eigenvalue weighted by Gasteiger charge is -2.19. The van der Waals surface area contributed by atoms with Gasteiger partial charge in [-0.05, 0) is 60.9 Å². The van der Waals surface area contributed by atoms with Gasteiger partial charge in [-0.2, -0.15) is 0 Å². The lowest BCUT2D eigenvalue weighted by atomic mass is 10.0. The highest BCUT2D eigenvalue weighted by Gasteiger charge is 2.26. The van der Waals surface area contributed by atoms with Crippen molar-refractivity contribution in [1.82, 2.24) is 10.3 Å². The smallest absolute Gasteiger partial charge is 0.259 e. The molecular weight excluding hydrogens is 421 g/mol. The minimum absolute atomic E-state index is 0.124. The molecular formula is C23H19Cl2N3O2. The summed E-state index contributed by atoms with van der Waals surface area (Å²) in [6.45, 7) is 2.53. The molecule has 0 bridgehead atoms. The third kappa shape index (κ3) is 4.18. The van der Waals surface area contributed by atoms with Crippen LogP contribution in [-0.4, -0.2) is 23.3 Å². The van der Waals surface area contributed by atoms with Crippen LogP contribution in [0.2, 0.25) is 10.0 Å². The number of hydrogen-bond donors (Lipinski definition) is 1. The molecule has 0 spiro atoms. The molecule has 1 aromatic heterocycles. The Labute approximate surface area is 184 Å². The van der Waals surface area contributed by atoms with Crippen LogP contribution < -0.4 is 10.2 Å². The van der Waals surface area contributed by atoms with Gasteiger partial charge in [0.1, 0.15) is 0 Å². The summed E-state index contributed by atoms with van der Waals surface area (Å²) in [6.07, 6.45) is 3.78. The number of hydrogen-bond acceptors (Lipinski definition) is 3. The highest BCUT2D eigenvalue weighted by atomic mass is 35.5. The summed E-state index contributed by atoms with van der Waals surface area (Å²) in [5.41, 5.74) is 3.94. The Hall–Kier alpha value is -2.89. The van der Waals surface area contributed by atoms with Crippen LogP contribution in [0.4, 0.5) is 5.69 Å². The van der Waals surface area contributed by atoms with E-state index in [1.54, 1.807) is 35.2 Å². The Morgan fingerprint density at radius 1 is 1.00 bits per heavy atom. The largest absolute Gasteiger partial charge is 0.346 e. The van der Waals surface area contributed by atoms with Gasteiger partial charge in [0.15, 0.2) is 0 Å². The fraction of sp³-hybridized carbons (Fsp3) is 0.174. The average Bonchev–Trinajstić information content (AvgIpc) is 3.16. The number of pyridine rings is 1. The standard InChI is InChI=1S/C23H19Cl2N3O2/c1-14(27-22(29)15-2-5-19(24)6-3-15)16-4-7-21-17(10-16)8-9-28(21)23(30)18-11-20(25)13-26-12-18/h2-7,10-14H,8-9H2,1H3,(H,27,29)/t14-/m1/s1. The fourth-order valence-corrected chi connectivity index (χ4v) is 3.85. The van der Waals surface area contributed by atoms with Crippen molar-refractivity contribution in [2.45, 2.75) is 19.4 Å². The highest BCUT2D eigenvalue weighted by molar-refractivity contribution is 6.31. The molecule has 1 aliphatic rings. The fourth-order valence-electron chi connectivity index (χ4n) is 3.55. The van der Waals surface area contributed by atoms with Gasteiger partial charge in [-0.15, -0.1) is 0 Å². The van der Waals surface area contributed by atoms with Gasteiger partial charge in [-0.25, -0.2) is 0 Å². The summed E-state index contributed by atoms with van der Waals surface area (Å²) >= 11 is 11.9. The number of nitrogens with one attached hydrogen (secondary N) is 1. The van der Waals surface area contributed by atoms with E-state index in [4.69, 9.17) is 23.2 Å².